The molecule has 6 rings (SSSR count). The largest absolute Gasteiger partial charge is 0.595 e. The molecule has 186 valence electrons. The molecule has 0 saturated carbocycles. The van der Waals surface area contributed by atoms with Crippen LogP contribution in [0.2, 0.25) is 0 Å². The van der Waals surface area contributed by atoms with Gasteiger partial charge in [-0.05, 0) is 54.5 Å². The summed E-state index contributed by atoms with van der Waals surface area (Å²) in [6.45, 7) is 0.908. The van der Waals surface area contributed by atoms with Crippen LogP contribution in [0.15, 0.2) is 72.4 Å². The summed E-state index contributed by atoms with van der Waals surface area (Å²) in [7, 11) is 0. The molecule has 1 amide bonds. The number of pyridine rings is 1. The summed E-state index contributed by atoms with van der Waals surface area (Å²) in [6, 6.07) is 15.9. The van der Waals surface area contributed by atoms with Gasteiger partial charge in [-0.2, -0.15) is 5.23 Å². The molecule has 1 aliphatic heterocycles. The number of hydrogen-bond donors (Lipinski definition) is 4. The summed E-state index contributed by atoms with van der Waals surface area (Å²) >= 11 is 1.61. The van der Waals surface area contributed by atoms with Gasteiger partial charge in [0.25, 0.3) is 0 Å². The number of nitrogens with one attached hydrogen (secondary N) is 3. The van der Waals surface area contributed by atoms with Crippen LogP contribution in [-0.2, 0) is 0 Å². The molecule has 1 unspecified atom stereocenters. The molecule has 0 radical (unpaired) electrons. The number of hydrogen-bond acceptors (Lipinski definition) is 8. The third-order valence-corrected chi connectivity index (χ3v) is 7.05. The Bertz CT molecular complexity index is 1630. The van der Waals surface area contributed by atoms with Crippen LogP contribution < -0.4 is 15.3 Å². The quantitative estimate of drug-likeness (QED) is 0.252. The molecule has 10 nitrogen and oxygen atoms in total. The van der Waals surface area contributed by atoms with Crippen molar-refractivity contribution >= 4 is 61.3 Å². The van der Waals surface area contributed by atoms with Crippen molar-refractivity contribution in [2.75, 3.05) is 18.4 Å². The van der Waals surface area contributed by atoms with Crippen molar-refractivity contribution in [3.63, 3.8) is 0 Å². The highest BCUT2D eigenvalue weighted by Crippen LogP contribution is 2.31. The molecule has 2 aromatic carbocycles. The lowest BCUT2D eigenvalue weighted by Gasteiger charge is -2.25. The molecule has 4 N–H and O–H groups in total. The number of aromatic nitrogens is 3. The first-order chi connectivity index (χ1) is 18.0. The Labute approximate surface area is 215 Å². The molecule has 5 aromatic rings. The van der Waals surface area contributed by atoms with Crippen LogP contribution in [0, 0.1) is 5.21 Å². The number of quaternary nitrogens is 1. The third-order valence-electron chi connectivity index (χ3n) is 6.26. The van der Waals surface area contributed by atoms with Crippen LogP contribution in [0.1, 0.15) is 12.1 Å². The first-order valence-electron chi connectivity index (χ1n) is 11.6. The van der Waals surface area contributed by atoms with Crippen molar-refractivity contribution in [3.8, 4) is 5.75 Å². The summed E-state index contributed by atoms with van der Waals surface area (Å²) in [5, 5.41) is 23.4. The number of ether oxygens (including phenoxy) is 1. The Morgan fingerprint density at radius 1 is 1.16 bits per heavy atom. The smallest absolute Gasteiger partial charge is 0.415 e. The second-order valence-electron chi connectivity index (χ2n) is 8.59. The Morgan fingerprint density at radius 3 is 2.81 bits per heavy atom. The molecule has 4 heterocycles. The Balaban J connectivity index is 1.16. The first kappa shape index (κ1) is 23.1. The Kier molecular flexibility index (Phi) is 6.02. The zero-order chi connectivity index (χ0) is 25.4. The van der Waals surface area contributed by atoms with E-state index in [2.05, 4.69) is 32.4 Å². The highest BCUT2D eigenvalue weighted by molar-refractivity contribution is 7.16. The maximum absolute atomic E-state index is 12.6. The molecule has 0 fully saturated rings. The predicted octanol–water partition coefficient (Wildman–Crippen LogP) is 4.61. The van der Waals surface area contributed by atoms with Crippen LogP contribution >= 0.6 is 11.3 Å². The van der Waals surface area contributed by atoms with Crippen molar-refractivity contribution in [2.45, 2.75) is 6.42 Å². The zero-order valence-electron chi connectivity index (χ0n) is 19.5. The highest BCUT2D eigenvalue weighted by Gasteiger charge is 2.21. The first-order valence-corrected chi connectivity index (χ1v) is 12.5. The number of benzene rings is 2. The molecule has 0 saturated heterocycles. The van der Waals surface area contributed by atoms with Crippen molar-refractivity contribution in [1.29, 1.82) is 0 Å². The second kappa shape index (κ2) is 9.64. The standard InChI is InChI=1S/C26H22N6O4S/c33-26(36-19-4-2-18(3-5-19)32(34)35)31-11-8-16(9-12-31)23-14-20-21(7-10-27-25(20)30-23)29-17-1-6-22-24(13-17)37-15-28-22/h1-8,10,13-15,32,34H,9,11-12H2,(H2,27,29,30). The van der Waals surface area contributed by atoms with E-state index in [1.165, 1.54) is 24.3 Å². The van der Waals surface area contributed by atoms with Gasteiger partial charge in [0.1, 0.15) is 11.4 Å². The summed E-state index contributed by atoms with van der Waals surface area (Å²) in [4.78, 5) is 26.4. The monoisotopic (exact) mass is 514 g/mol. The van der Waals surface area contributed by atoms with Crippen LogP contribution in [0.3, 0.4) is 0 Å². The number of H-pyrrole nitrogens is 1. The average Bonchev–Trinajstić information content (AvgIpc) is 3.56. The second-order valence-corrected chi connectivity index (χ2v) is 9.47. The normalized spacial score (nSPS) is 14.5. The molecule has 0 aliphatic carbocycles. The van der Waals surface area contributed by atoms with Crippen LogP contribution in [0.4, 0.5) is 21.9 Å². The molecular weight excluding hydrogens is 492 g/mol. The van der Waals surface area contributed by atoms with Crippen molar-refractivity contribution in [3.05, 3.63) is 83.3 Å². The Morgan fingerprint density at radius 2 is 2.03 bits per heavy atom. The third kappa shape index (κ3) is 4.76. The van der Waals surface area contributed by atoms with Gasteiger partial charge < -0.3 is 25.1 Å². The fourth-order valence-electron chi connectivity index (χ4n) is 4.31. The minimum absolute atomic E-state index is 0.136. The molecule has 1 atom stereocenters. The maximum Gasteiger partial charge on any atom is 0.415 e. The SMILES string of the molecule is O=C(Oc1ccc([NH+]([O-])O)cc1)N1CC=C(c2cc3c(Nc4ccc5ncsc5c4)ccnc3[nH]2)CC1. The van der Waals surface area contributed by atoms with Gasteiger partial charge in [-0.15, -0.1) is 11.3 Å². The minimum atomic E-state index is -1.03. The van der Waals surface area contributed by atoms with E-state index >= 15 is 0 Å². The number of nitrogens with zero attached hydrogens (tertiary/aromatic N) is 3. The van der Waals surface area contributed by atoms with Gasteiger partial charge >= 0.3 is 6.09 Å². The maximum atomic E-state index is 12.6. The van der Waals surface area contributed by atoms with E-state index in [0.29, 0.717) is 25.3 Å². The number of aromatic amines is 1. The van der Waals surface area contributed by atoms with E-state index in [1.807, 2.05) is 29.8 Å². The van der Waals surface area contributed by atoms with Gasteiger partial charge in [0.2, 0.25) is 0 Å². The lowest BCUT2D eigenvalue weighted by molar-refractivity contribution is -0.991. The fourth-order valence-corrected chi connectivity index (χ4v) is 5.02. The summed E-state index contributed by atoms with van der Waals surface area (Å²) < 4.78 is 6.53. The van der Waals surface area contributed by atoms with E-state index in [0.717, 1.165) is 43.9 Å². The van der Waals surface area contributed by atoms with E-state index in [9.17, 15) is 10.0 Å². The number of anilines is 2. The number of carbonyl (C=O) groups excluding carboxylic acids is 1. The molecule has 11 heteroatoms. The van der Waals surface area contributed by atoms with Gasteiger partial charge in [0.15, 0.2) is 5.69 Å². The van der Waals surface area contributed by atoms with E-state index in [1.54, 1.807) is 22.4 Å². The molecule has 0 spiro atoms. The number of fused-ring (bicyclic) bond motifs is 2. The summed E-state index contributed by atoms with van der Waals surface area (Å²) in [5.74, 6) is 0.306. The van der Waals surface area contributed by atoms with E-state index < -0.39 is 11.3 Å². The van der Waals surface area contributed by atoms with Crippen LogP contribution in [0.25, 0.3) is 26.8 Å². The fraction of sp³-hybridized carbons (Fsp3) is 0.115. The van der Waals surface area contributed by atoms with Crippen molar-refractivity contribution in [2.24, 2.45) is 0 Å². The van der Waals surface area contributed by atoms with Crippen LogP contribution in [-0.4, -0.2) is 44.2 Å². The lowest BCUT2D eigenvalue weighted by atomic mass is 10.1. The topological polar surface area (TPSA) is 131 Å². The van der Waals surface area contributed by atoms with Crippen LogP contribution in [0.5, 0.6) is 5.75 Å². The molecular formula is C26H22N6O4S. The zero-order valence-corrected chi connectivity index (χ0v) is 20.3. The molecule has 37 heavy (non-hydrogen) atoms. The summed E-state index contributed by atoms with van der Waals surface area (Å²) in [6.07, 6.45) is 3.96. The molecule has 0 bridgehead atoms. The molecule has 1 aliphatic rings. The van der Waals surface area contributed by atoms with Gasteiger partial charge in [0.05, 0.1) is 21.4 Å². The van der Waals surface area contributed by atoms with Crippen molar-refractivity contribution < 1.29 is 20.0 Å². The summed E-state index contributed by atoms with van der Waals surface area (Å²) in [5.41, 5.74) is 7.75. The highest BCUT2D eigenvalue weighted by atomic mass is 32.1. The number of rotatable bonds is 5. The van der Waals surface area contributed by atoms with Gasteiger partial charge in [0, 0.05) is 48.2 Å². The van der Waals surface area contributed by atoms with Gasteiger partial charge in [-0.1, -0.05) is 6.08 Å². The van der Waals surface area contributed by atoms with E-state index in [4.69, 9.17) is 9.94 Å². The van der Waals surface area contributed by atoms with E-state index in [-0.39, 0.29) is 5.69 Å². The molecule has 3 aromatic heterocycles. The Hall–Kier alpha value is -4.29. The average molecular weight is 515 g/mol. The lowest BCUT2D eigenvalue weighted by Crippen LogP contribution is -2.99. The van der Waals surface area contributed by atoms with Crippen molar-refractivity contribution in [1.82, 2.24) is 19.9 Å². The van der Waals surface area contributed by atoms with Gasteiger partial charge in [-0.25, -0.2) is 20.0 Å². The van der Waals surface area contributed by atoms with Gasteiger partial charge in [-0.3, -0.25) is 0 Å². The number of thiazole rings is 1. The number of carbonyl (C=O) groups is 1. The minimum Gasteiger partial charge on any atom is -0.595 e. The number of amides is 1. The predicted molar refractivity (Wildman–Crippen MR) is 141 cm³/mol.